The molecule has 6 nitrogen and oxygen atoms in total. The number of rotatable bonds is 7. The Morgan fingerprint density at radius 3 is 2.58 bits per heavy atom. The van der Waals surface area contributed by atoms with Crippen LogP contribution in [0.3, 0.4) is 0 Å². The van der Waals surface area contributed by atoms with Gasteiger partial charge in [0.15, 0.2) is 5.75 Å². The van der Waals surface area contributed by atoms with Gasteiger partial charge in [-0.15, -0.1) is 0 Å². The number of pyridine rings is 1. The zero-order valence-electron chi connectivity index (χ0n) is 14.3. The summed E-state index contributed by atoms with van der Waals surface area (Å²) in [6.07, 6.45) is 4.01. The molecule has 6 heteroatoms. The number of methoxy groups -OCH3 is 1. The van der Waals surface area contributed by atoms with E-state index in [0.717, 1.165) is 25.7 Å². The van der Waals surface area contributed by atoms with Crippen molar-refractivity contribution in [2.24, 2.45) is 0 Å². The smallest absolute Gasteiger partial charge is 0.308 e. The van der Waals surface area contributed by atoms with Gasteiger partial charge in [0.05, 0.1) is 12.6 Å². The highest BCUT2D eigenvalue weighted by molar-refractivity contribution is 5.89. The molecule has 0 atom stereocenters. The molecule has 0 radical (unpaired) electrons. The lowest BCUT2D eigenvalue weighted by atomic mass is 10.1. The summed E-state index contributed by atoms with van der Waals surface area (Å²) in [5, 5.41) is 10.4. The lowest BCUT2D eigenvalue weighted by Crippen LogP contribution is -2.24. The summed E-state index contributed by atoms with van der Waals surface area (Å²) in [4.78, 5) is 24.2. The number of phenolic OH excluding ortho intramolecular Hbond substituents is 1. The molecule has 0 bridgehead atoms. The summed E-state index contributed by atoms with van der Waals surface area (Å²) in [6, 6.07) is 4.68. The number of hydrogen-bond acceptors (Lipinski definition) is 5. The molecule has 24 heavy (non-hydrogen) atoms. The van der Waals surface area contributed by atoms with E-state index in [1.165, 1.54) is 30.7 Å². The minimum atomic E-state index is -0.582. The Bertz CT molecular complexity index is 794. The van der Waals surface area contributed by atoms with E-state index < -0.39 is 11.5 Å². The second kappa shape index (κ2) is 7.86. The fraction of sp³-hybridized carbons (Fsp3) is 0.444. The zero-order valence-corrected chi connectivity index (χ0v) is 14.3. The summed E-state index contributed by atoms with van der Waals surface area (Å²) in [5.41, 5.74) is 0.126. The number of unbranched alkanes of at least 4 members (excludes halogenated alkanes) is 3. The Hall–Kier alpha value is -2.50. The predicted molar refractivity (Wildman–Crippen MR) is 91.9 cm³/mol. The van der Waals surface area contributed by atoms with Crippen LogP contribution in [0, 0.1) is 0 Å². The number of aromatic nitrogens is 1. The maximum Gasteiger partial charge on any atom is 0.308 e. The van der Waals surface area contributed by atoms with Gasteiger partial charge in [0.2, 0.25) is 5.75 Å². The molecule has 0 aliphatic rings. The molecule has 2 aromatic rings. The van der Waals surface area contributed by atoms with Crippen LogP contribution in [0.15, 0.2) is 23.0 Å². The summed E-state index contributed by atoms with van der Waals surface area (Å²) in [6.45, 7) is 3.84. The van der Waals surface area contributed by atoms with E-state index in [1.807, 2.05) is 0 Å². The van der Waals surface area contributed by atoms with Gasteiger partial charge in [0, 0.05) is 24.9 Å². The van der Waals surface area contributed by atoms with Gasteiger partial charge < -0.3 is 19.1 Å². The van der Waals surface area contributed by atoms with E-state index in [0.29, 0.717) is 17.4 Å². The first kappa shape index (κ1) is 17.8. The van der Waals surface area contributed by atoms with Crippen molar-refractivity contribution in [1.82, 2.24) is 4.57 Å². The minimum absolute atomic E-state index is 0.0616. The highest BCUT2D eigenvalue weighted by Crippen LogP contribution is 2.34. The molecule has 0 amide bonds. The van der Waals surface area contributed by atoms with Crippen LogP contribution in [0.1, 0.15) is 39.5 Å². The Morgan fingerprint density at radius 1 is 1.21 bits per heavy atom. The highest BCUT2D eigenvalue weighted by atomic mass is 16.6. The largest absolute Gasteiger partial charge is 0.508 e. The van der Waals surface area contributed by atoms with E-state index in [1.54, 1.807) is 6.07 Å². The lowest BCUT2D eigenvalue weighted by molar-refractivity contribution is -0.132. The van der Waals surface area contributed by atoms with E-state index in [-0.39, 0.29) is 17.2 Å². The maximum absolute atomic E-state index is 12.8. The molecule has 1 aromatic heterocycles. The van der Waals surface area contributed by atoms with Crippen LogP contribution in [-0.4, -0.2) is 22.8 Å². The SMILES string of the molecule is CCCCCCn1c(=O)c(OC(C)=O)c(OC)c2ccc(O)cc21. The van der Waals surface area contributed by atoms with Gasteiger partial charge in [-0.1, -0.05) is 26.2 Å². The molecule has 0 aliphatic carbocycles. The molecule has 0 aliphatic heterocycles. The molecule has 130 valence electrons. The molecule has 1 heterocycles. The van der Waals surface area contributed by atoms with Crippen molar-refractivity contribution in [3.8, 4) is 17.2 Å². The van der Waals surface area contributed by atoms with Gasteiger partial charge >= 0.3 is 5.97 Å². The van der Waals surface area contributed by atoms with Crippen LogP contribution in [0.25, 0.3) is 10.9 Å². The molecule has 1 N–H and O–H groups in total. The highest BCUT2D eigenvalue weighted by Gasteiger charge is 2.20. The summed E-state index contributed by atoms with van der Waals surface area (Å²) >= 11 is 0. The van der Waals surface area contributed by atoms with Crippen molar-refractivity contribution >= 4 is 16.9 Å². The number of carbonyl (C=O) groups excluding carboxylic acids is 1. The monoisotopic (exact) mass is 333 g/mol. The minimum Gasteiger partial charge on any atom is -0.508 e. The van der Waals surface area contributed by atoms with E-state index in [2.05, 4.69) is 6.92 Å². The first-order valence-corrected chi connectivity index (χ1v) is 8.11. The molecular formula is C18H23NO5. The standard InChI is InChI=1S/C18H23NO5/c1-4-5-6-7-10-19-15-11-13(21)8-9-14(15)16(23-3)17(18(19)22)24-12(2)20/h8-9,11,21H,4-7,10H2,1-3H3. The first-order valence-electron chi connectivity index (χ1n) is 8.11. The van der Waals surface area contributed by atoms with Crippen molar-refractivity contribution in [2.45, 2.75) is 46.1 Å². The maximum atomic E-state index is 12.8. The molecular weight excluding hydrogens is 310 g/mol. The van der Waals surface area contributed by atoms with Crippen LogP contribution in [0.5, 0.6) is 17.2 Å². The second-order valence-electron chi connectivity index (χ2n) is 5.67. The summed E-state index contributed by atoms with van der Waals surface area (Å²) in [7, 11) is 1.42. The van der Waals surface area contributed by atoms with Crippen molar-refractivity contribution in [3.05, 3.63) is 28.6 Å². The van der Waals surface area contributed by atoms with Gasteiger partial charge in [-0.2, -0.15) is 0 Å². The zero-order chi connectivity index (χ0) is 17.7. The third-order valence-electron chi connectivity index (χ3n) is 3.85. The number of carbonyl (C=O) groups is 1. The van der Waals surface area contributed by atoms with Crippen molar-refractivity contribution < 1.29 is 19.4 Å². The number of ether oxygens (including phenoxy) is 2. The molecule has 0 saturated carbocycles. The third kappa shape index (κ3) is 3.69. The van der Waals surface area contributed by atoms with Crippen molar-refractivity contribution in [2.75, 3.05) is 7.11 Å². The molecule has 0 fully saturated rings. The van der Waals surface area contributed by atoms with Gasteiger partial charge in [-0.25, -0.2) is 0 Å². The fourth-order valence-corrected chi connectivity index (χ4v) is 2.74. The van der Waals surface area contributed by atoms with E-state index in [9.17, 15) is 14.7 Å². The lowest BCUT2D eigenvalue weighted by Gasteiger charge is -2.16. The number of esters is 1. The van der Waals surface area contributed by atoms with Crippen LogP contribution >= 0.6 is 0 Å². The van der Waals surface area contributed by atoms with E-state index >= 15 is 0 Å². The van der Waals surface area contributed by atoms with Gasteiger partial charge in [-0.3, -0.25) is 9.59 Å². The van der Waals surface area contributed by atoms with Crippen molar-refractivity contribution in [1.29, 1.82) is 0 Å². The van der Waals surface area contributed by atoms with Crippen molar-refractivity contribution in [3.63, 3.8) is 0 Å². The average Bonchev–Trinajstić information content (AvgIpc) is 2.54. The quantitative estimate of drug-likeness (QED) is 0.622. The molecule has 0 saturated heterocycles. The topological polar surface area (TPSA) is 77.8 Å². The van der Waals surface area contributed by atoms with Gasteiger partial charge in [0.1, 0.15) is 5.75 Å². The van der Waals surface area contributed by atoms with Crippen LogP contribution in [0.4, 0.5) is 0 Å². The molecule has 2 rings (SSSR count). The second-order valence-corrected chi connectivity index (χ2v) is 5.67. The fourth-order valence-electron chi connectivity index (χ4n) is 2.74. The number of nitrogens with zero attached hydrogens (tertiary/aromatic N) is 1. The van der Waals surface area contributed by atoms with Gasteiger partial charge in [-0.05, 0) is 18.6 Å². The molecule has 0 unspecified atom stereocenters. The average molecular weight is 333 g/mol. The normalized spacial score (nSPS) is 10.8. The number of aromatic hydroxyl groups is 1. The van der Waals surface area contributed by atoms with Gasteiger partial charge in [0.25, 0.3) is 5.56 Å². The summed E-state index contributed by atoms with van der Waals surface area (Å²) < 4.78 is 12.0. The predicted octanol–water partition coefficient (Wildman–Crippen LogP) is 3.22. The Balaban J connectivity index is 2.63. The first-order chi connectivity index (χ1) is 11.5. The van der Waals surface area contributed by atoms with E-state index in [4.69, 9.17) is 9.47 Å². The Morgan fingerprint density at radius 2 is 1.96 bits per heavy atom. The number of hydrogen-bond donors (Lipinski definition) is 1. The molecule has 1 aromatic carbocycles. The van der Waals surface area contributed by atoms with Crippen LogP contribution < -0.4 is 15.0 Å². The number of fused-ring (bicyclic) bond motifs is 1. The Labute approximate surface area is 140 Å². The molecule has 0 spiro atoms. The number of phenols is 1. The third-order valence-corrected chi connectivity index (χ3v) is 3.85. The number of aryl methyl sites for hydroxylation is 1. The summed E-state index contributed by atoms with van der Waals surface area (Å²) in [5.74, 6) is -0.429. The number of benzene rings is 1. The van der Waals surface area contributed by atoms with Crippen LogP contribution in [0.2, 0.25) is 0 Å². The van der Waals surface area contributed by atoms with Crippen LogP contribution in [-0.2, 0) is 11.3 Å². The Kier molecular flexibility index (Phi) is 5.84.